The fraction of sp³-hybridized carbons (Fsp3) is 0.0625. The van der Waals surface area contributed by atoms with E-state index in [9.17, 15) is 0 Å². The maximum absolute atomic E-state index is 5.97. The van der Waals surface area contributed by atoms with Crippen molar-refractivity contribution in [3.8, 4) is 0 Å². The van der Waals surface area contributed by atoms with Gasteiger partial charge in [-0.1, -0.05) is 11.6 Å². The SMILES string of the molecule is CNc1ccc(Nc2ccc3cc(Cl)ccc3n2)cc1. The standard InChI is InChI=1S/C16H14ClN3/c1-18-13-4-6-14(7-5-13)19-16-9-2-11-10-12(17)3-8-15(11)20-16/h2-10,18H,1H3,(H,19,20). The Morgan fingerprint density at radius 2 is 1.65 bits per heavy atom. The molecule has 100 valence electrons. The Labute approximate surface area is 122 Å². The largest absolute Gasteiger partial charge is 0.388 e. The number of halogens is 1. The highest BCUT2D eigenvalue weighted by molar-refractivity contribution is 6.31. The van der Waals surface area contributed by atoms with Crippen LogP contribution < -0.4 is 10.6 Å². The fourth-order valence-electron chi connectivity index (χ4n) is 2.03. The lowest BCUT2D eigenvalue weighted by Crippen LogP contribution is -1.94. The molecule has 0 aliphatic carbocycles. The van der Waals surface area contributed by atoms with Crippen LogP contribution in [0.25, 0.3) is 10.9 Å². The van der Waals surface area contributed by atoms with Crippen LogP contribution in [-0.4, -0.2) is 12.0 Å². The van der Waals surface area contributed by atoms with Crippen LogP contribution in [-0.2, 0) is 0 Å². The molecular formula is C16H14ClN3. The van der Waals surface area contributed by atoms with Gasteiger partial charge in [-0.25, -0.2) is 4.98 Å². The molecule has 3 rings (SSSR count). The number of pyridine rings is 1. The molecule has 3 aromatic rings. The van der Waals surface area contributed by atoms with Gasteiger partial charge in [0.1, 0.15) is 5.82 Å². The molecule has 2 N–H and O–H groups in total. The molecule has 3 nitrogen and oxygen atoms in total. The summed E-state index contributed by atoms with van der Waals surface area (Å²) in [5.41, 5.74) is 3.01. The predicted molar refractivity (Wildman–Crippen MR) is 86.0 cm³/mol. The molecule has 0 aliphatic rings. The smallest absolute Gasteiger partial charge is 0.131 e. The summed E-state index contributed by atoms with van der Waals surface area (Å²) in [6, 6.07) is 17.7. The van der Waals surface area contributed by atoms with Crippen molar-refractivity contribution < 1.29 is 0 Å². The molecule has 0 amide bonds. The van der Waals surface area contributed by atoms with Crippen LogP contribution >= 0.6 is 11.6 Å². The molecular weight excluding hydrogens is 270 g/mol. The summed E-state index contributed by atoms with van der Waals surface area (Å²) in [6.45, 7) is 0. The van der Waals surface area contributed by atoms with Crippen molar-refractivity contribution in [2.45, 2.75) is 0 Å². The average Bonchev–Trinajstić information content (AvgIpc) is 2.48. The van der Waals surface area contributed by atoms with Crippen molar-refractivity contribution in [1.29, 1.82) is 0 Å². The number of rotatable bonds is 3. The molecule has 0 aliphatic heterocycles. The summed E-state index contributed by atoms with van der Waals surface area (Å²) in [7, 11) is 1.90. The zero-order valence-corrected chi connectivity index (χ0v) is 11.8. The first-order chi connectivity index (χ1) is 9.74. The summed E-state index contributed by atoms with van der Waals surface area (Å²) in [6.07, 6.45) is 0. The lowest BCUT2D eigenvalue weighted by Gasteiger charge is -2.08. The van der Waals surface area contributed by atoms with Crippen LogP contribution in [0.1, 0.15) is 0 Å². The Morgan fingerprint density at radius 1 is 0.900 bits per heavy atom. The van der Waals surface area contributed by atoms with Gasteiger partial charge in [0.05, 0.1) is 5.52 Å². The minimum atomic E-state index is 0.725. The number of aromatic nitrogens is 1. The minimum absolute atomic E-state index is 0.725. The fourth-order valence-corrected chi connectivity index (χ4v) is 2.21. The van der Waals surface area contributed by atoms with Gasteiger partial charge in [-0.15, -0.1) is 0 Å². The summed E-state index contributed by atoms with van der Waals surface area (Å²) in [4.78, 5) is 4.57. The maximum atomic E-state index is 5.97. The lowest BCUT2D eigenvalue weighted by molar-refractivity contribution is 1.37. The van der Waals surface area contributed by atoms with Gasteiger partial charge in [-0.05, 0) is 54.6 Å². The molecule has 1 aromatic heterocycles. The molecule has 0 saturated heterocycles. The maximum Gasteiger partial charge on any atom is 0.131 e. The van der Waals surface area contributed by atoms with Crippen LogP contribution in [0.4, 0.5) is 17.2 Å². The number of hydrogen-bond donors (Lipinski definition) is 2. The van der Waals surface area contributed by atoms with E-state index in [1.165, 1.54) is 0 Å². The molecule has 0 saturated carbocycles. The molecule has 2 aromatic carbocycles. The number of hydrogen-bond acceptors (Lipinski definition) is 3. The van der Waals surface area contributed by atoms with E-state index >= 15 is 0 Å². The highest BCUT2D eigenvalue weighted by Crippen LogP contribution is 2.22. The van der Waals surface area contributed by atoms with Crippen LogP contribution in [0.3, 0.4) is 0 Å². The number of fused-ring (bicyclic) bond motifs is 1. The van der Waals surface area contributed by atoms with Crippen molar-refractivity contribution in [1.82, 2.24) is 4.98 Å². The number of anilines is 3. The third-order valence-electron chi connectivity index (χ3n) is 3.10. The van der Waals surface area contributed by atoms with E-state index in [1.807, 2.05) is 61.6 Å². The van der Waals surface area contributed by atoms with Gasteiger partial charge in [0.2, 0.25) is 0 Å². The van der Waals surface area contributed by atoms with Crippen molar-refractivity contribution in [2.75, 3.05) is 17.7 Å². The average molecular weight is 284 g/mol. The second-order valence-electron chi connectivity index (χ2n) is 4.49. The first-order valence-electron chi connectivity index (χ1n) is 6.36. The van der Waals surface area contributed by atoms with E-state index in [2.05, 4.69) is 15.6 Å². The van der Waals surface area contributed by atoms with Crippen molar-refractivity contribution >= 4 is 39.7 Å². The summed E-state index contributed by atoms with van der Waals surface area (Å²) in [5.74, 6) is 0.817. The van der Waals surface area contributed by atoms with Gasteiger partial charge >= 0.3 is 0 Å². The van der Waals surface area contributed by atoms with Crippen molar-refractivity contribution in [3.63, 3.8) is 0 Å². The number of benzene rings is 2. The lowest BCUT2D eigenvalue weighted by atomic mass is 10.2. The van der Waals surface area contributed by atoms with Crippen LogP contribution in [0.5, 0.6) is 0 Å². The molecule has 20 heavy (non-hydrogen) atoms. The monoisotopic (exact) mass is 283 g/mol. The van der Waals surface area contributed by atoms with Gasteiger partial charge < -0.3 is 10.6 Å². The summed E-state index contributed by atoms with van der Waals surface area (Å²) in [5, 5.41) is 8.14. The Morgan fingerprint density at radius 3 is 2.40 bits per heavy atom. The number of nitrogens with one attached hydrogen (secondary N) is 2. The van der Waals surface area contributed by atoms with Gasteiger partial charge in [-0.3, -0.25) is 0 Å². The molecule has 0 bridgehead atoms. The first-order valence-corrected chi connectivity index (χ1v) is 6.73. The second-order valence-corrected chi connectivity index (χ2v) is 4.92. The van der Waals surface area contributed by atoms with Gasteiger partial charge in [0.25, 0.3) is 0 Å². The molecule has 0 fully saturated rings. The second kappa shape index (κ2) is 5.39. The third-order valence-corrected chi connectivity index (χ3v) is 3.33. The Bertz CT molecular complexity index is 738. The van der Waals surface area contributed by atoms with Crippen LogP contribution in [0.2, 0.25) is 5.02 Å². The van der Waals surface area contributed by atoms with E-state index in [-0.39, 0.29) is 0 Å². The van der Waals surface area contributed by atoms with E-state index in [1.54, 1.807) is 0 Å². The molecule has 0 atom stereocenters. The van der Waals surface area contributed by atoms with Gasteiger partial charge in [0.15, 0.2) is 0 Å². The Hall–Kier alpha value is -2.26. The normalized spacial score (nSPS) is 10.5. The highest BCUT2D eigenvalue weighted by atomic mass is 35.5. The molecule has 0 radical (unpaired) electrons. The first kappa shape index (κ1) is 12.8. The van der Waals surface area contributed by atoms with E-state index in [0.29, 0.717) is 0 Å². The third kappa shape index (κ3) is 2.68. The van der Waals surface area contributed by atoms with E-state index < -0.39 is 0 Å². The molecule has 0 spiro atoms. The Balaban J connectivity index is 1.88. The van der Waals surface area contributed by atoms with Gasteiger partial charge in [0, 0.05) is 28.8 Å². The van der Waals surface area contributed by atoms with Crippen LogP contribution in [0, 0.1) is 0 Å². The van der Waals surface area contributed by atoms with E-state index in [0.717, 1.165) is 33.1 Å². The van der Waals surface area contributed by atoms with E-state index in [4.69, 9.17) is 11.6 Å². The number of nitrogens with zero attached hydrogens (tertiary/aromatic N) is 1. The predicted octanol–water partition coefficient (Wildman–Crippen LogP) is 4.67. The minimum Gasteiger partial charge on any atom is -0.388 e. The molecule has 1 heterocycles. The molecule has 4 heteroatoms. The van der Waals surface area contributed by atoms with Gasteiger partial charge in [-0.2, -0.15) is 0 Å². The molecule has 0 unspecified atom stereocenters. The van der Waals surface area contributed by atoms with Crippen molar-refractivity contribution in [2.24, 2.45) is 0 Å². The summed E-state index contributed by atoms with van der Waals surface area (Å²) < 4.78 is 0. The van der Waals surface area contributed by atoms with Crippen molar-refractivity contribution in [3.05, 3.63) is 59.6 Å². The summed E-state index contributed by atoms with van der Waals surface area (Å²) >= 11 is 5.97. The van der Waals surface area contributed by atoms with Crippen LogP contribution in [0.15, 0.2) is 54.6 Å². The zero-order chi connectivity index (χ0) is 13.9. The topological polar surface area (TPSA) is 37.0 Å². The highest BCUT2D eigenvalue weighted by Gasteiger charge is 2.00. The Kier molecular flexibility index (Phi) is 3.44. The quantitative estimate of drug-likeness (QED) is 0.733. The zero-order valence-electron chi connectivity index (χ0n) is 11.0.